The molecule has 4 nitrogen and oxygen atoms in total. The fraction of sp³-hybridized carbons (Fsp3) is 0.444. The molecule has 0 aromatic carbocycles. The van der Waals surface area contributed by atoms with Crippen molar-refractivity contribution in [1.82, 2.24) is 0 Å². The highest BCUT2D eigenvalue weighted by molar-refractivity contribution is 7.80. The highest BCUT2D eigenvalue weighted by atomic mass is 32.2. The van der Waals surface area contributed by atoms with E-state index >= 15 is 0 Å². The lowest BCUT2D eigenvalue weighted by molar-refractivity contribution is -0.521. The summed E-state index contributed by atoms with van der Waals surface area (Å²) in [6, 6.07) is 4.22. The van der Waals surface area contributed by atoms with Gasteiger partial charge in [-0.2, -0.15) is 17.4 Å². The molecule has 1 atom stereocenters. The topological polar surface area (TPSA) is 47.3 Å². The molecule has 0 amide bonds. The zero-order chi connectivity index (χ0) is 13.8. The lowest BCUT2D eigenvalue weighted by Gasteiger charge is -2.08. The number of rotatable bonds is 5. The SMILES string of the molecule is O=S(=O)(OC(F)CCC(F)(F)F)[n+]1ccccc1. The van der Waals surface area contributed by atoms with Crippen molar-refractivity contribution in [3.8, 4) is 0 Å². The first kappa shape index (κ1) is 14.8. The van der Waals surface area contributed by atoms with Crippen LogP contribution in [0.25, 0.3) is 0 Å². The smallest absolute Gasteiger partial charge is 0.215 e. The van der Waals surface area contributed by atoms with Gasteiger partial charge in [0.1, 0.15) is 0 Å². The van der Waals surface area contributed by atoms with E-state index in [1.54, 1.807) is 0 Å². The predicted octanol–water partition coefficient (Wildman–Crippen LogP) is 1.72. The van der Waals surface area contributed by atoms with Crippen molar-refractivity contribution in [3.05, 3.63) is 30.6 Å². The summed E-state index contributed by atoms with van der Waals surface area (Å²) in [4.78, 5) is 0. The molecule has 0 N–H and O–H groups in total. The quantitative estimate of drug-likeness (QED) is 0.612. The number of aromatic nitrogens is 1. The van der Waals surface area contributed by atoms with Crippen LogP contribution >= 0.6 is 0 Å². The third-order valence-corrected chi connectivity index (χ3v) is 3.04. The van der Waals surface area contributed by atoms with Gasteiger partial charge in [-0.05, 0) is 0 Å². The van der Waals surface area contributed by atoms with Crippen molar-refractivity contribution in [2.24, 2.45) is 0 Å². The molecule has 1 aromatic rings. The fourth-order valence-electron chi connectivity index (χ4n) is 1.04. The molecular formula is C9H10F4NO3S+. The molecule has 0 aliphatic heterocycles. The number of hydrogen-bond acceptors (Lipinski definition) is 3. The molecule has 0 fully saturated rings. The lowest BCUT2D eigenvalue weighted by atomic mass is 10.3. The number of halogens is 4. The molecule has 0 saturated carbocycles. The van der Waals surface area contributed by atoms with Gasteiger partial charge < -0.3 is 0 Å². The molecule has 102 valence electrons. The van der Waals surface area contributed by atoms with Crippen LogP contribution < -0.4 is 3.97 Å². The Kier molecular flexibility index (Phi) is 4.63. The molecule has 0 aliphatic carbocycles. The minimum Gasteiger partial charge on any atom is -0.215 e. The van der Waals surface area contributed by atoms with E-state index in [1.807, 2.05) is 0 Å². The van der Waals surface area contributed by atoms with E-state index < -0.39 is 35.7 Å². The van der Waals surface area contributed by atoms with Gasteiger partial charge in [-0.15, -0.1) is 8.42 Å². The van der Waals surface area contributed by atoms with Gasteiger partial charge in [-0.25, -0.2) is 4.39 Å². The van der Waals surface area contributed by atoms with Crippen molar-refractivity contribution in [2.45, 2.75) is 25.4 Å². The Morgan fingerprint density at radius 1 is 1.17 bits per heavy atom. The Morgan fingerprint density at radius 3 is 2.22 bits per heavy atom. The van der Waals surface area contributed by atoms with Crippen LogP contribution in [-0.2, 0) is 14.5 Å². The summed E-state index contributed by atoms with van der Waals surface area (Å²) in [5.41, 5.74) is 0. The van der Waals surface area contributed by atoms with Gasteiger partial charge in [0.15, 0.2) is 12.4 Å². The van der Waals surface area contributed by atoms with Gasteiger partial charge in [-0.3, -0.25) is 0 Å². The van der Waals surface area contributed by atoms with Gasteiger partial charge in [0, 0.05) is 25.0 Å². The van der Waals surface area contributed by atoms with E-state index in [0.717, 1.165) is 12.4 Å². The zero-order valence-corrected chi connectivity index (χ0v) is 9.79. The highest BCUT2D eigenvalue weighted by Gasteiger charge is 2.32. The van der Waals surface area contributed by atoms with Crippen molar-refractivity contribution in [1.29, 1.82) is 0 Å². The Hall–Kier alpha value is -1.22. The maximum absolute atomic E-state index is 13.0. The van der Waals surface area contributed by atoms with Crippen molar-refractivity contribution < 1.29 is 34.1 Å². The average Bonchev–Trinajstić information content (AvgIpc) is 2.26. The minimum absolute atomic E-state index is 0.563. The predicted molar refractivity (Wildman–Crippen MR) is 52.2 cm³/mol. The van der Waals surface area contributed by atoms with Crippen molar-refractivity contribution >= 4 is 10.3 Å². The van der Waals surface area contributed by atoms with Gasteiger partial charge in [0.2, 0.25) is 6.36 Å². The van der Waals surface area contributed by atoms with E-state index in [4.69, 9.17) is 0 Å². The standard InChI is InChI=1S/C9H10F4NO3S/c10-8(4-5-9(11,12)13)17-18(15,16)14-6-2-1-3-7-14/h1-3,6-8H,4-5H2/q+1. The molecule has 0 bridgehead atoms. The van der Waals surface area contributed by atoms with Crippen LogP contribution in [0, 0.1) is 0 Å². The van der Waals surface area contributed by atoms with Crippen LogP contribution in [0.1, 0.15) is 12.8 Å². The Labute approximate surface area is 101 Å². The van der Waals surface area contributed by atoms with E-state index in [9.17, 15) is 26.0 Å². The molecular weight excluding hydrogens is 278 g/mol. The first-order chi connectivity index (χ1) is 8.21. The zero-order valence-electron chi connectivity index (χ0n) is 8.97. The molecule has 1 heterocycles. The van der Waals surface area contributed by atoms with E-state index in [-0.39, 0.29) is 0 Å². The lowest BCUT2D eigenvalue weighted by Crippen LogP contribution is -2.44. The minimum atomic E-state index is -4.56. The fourth-order valence-corrected chi connectivity index (χ4v) is 1.94. The number of pyridine rings is 1. The normalized spacial score (nSPS) is 14.4. The molecule has 0 radical (unpaired) electrons. The third kappa shape index (κ3) is 4.96. The van der Waals surface area contributed by atoms with Crippen LogP contribution in [0.3, 0.4) is 0 Å². The molecule has 0 spiro atoms. The maximum Gasteiger partial charge on any atom is 0.516 e. The van der Waals surface area contributed by atoms with E-state index in [0.29, 0.717) is 3.97 Å². The molecule has 1 unspecified atom stereocenters. The number of alkyl halides is 4. The summed E-state index contributed by atoms with van der Waals surface area (Å²) in [6.07, 6.45) is -7.47. The Morgan fingerprint density at radius 2 is 1.72 bits per heavy atom. The summed E-state index contributed by atoms with van der Waals surface area (Å²) in [5.74, 6) is 0. The number of nitrogens with zero attached hydrogens (tertiary/aromatic N) is 1. The second-order valence-corrected chi connectivity index (χ2v) is 4.79. The molecule has 1 rings (SSSR count). The Bertz CT molecular complexity index is 474. The summed E-state index contributed by atoms with van der Waals surface area (Å²) in [6.45, 7) is 0. The average molecular weight is 288 g/mol. The molecule has 0 aliphatic rings. The van der Waals surface area contributed by atoms with Crippen LogP contribution in [0.5, 0.6) is 0 Å². The van der Waals surface area contributed by atoms with Gasteiger partial charge >= 0.3 is 16.5 Å². The molecule has 9 heteroatoms. The molecule has 0 saturated heterocycles. The van der Waals surface area contributed by atoms with Crippen molar-refractivity contribution in [3.63, 3.8) is 0 Å². The summed E-state index contributed by atoms with van der Waals surface area (Å²) in [7, 11) is -4.45. The number of hydrogen-bond donors (Lipinski definition) is 0. The maximum atomic E-state index is 13.0. The van der Waals surface area contributed by atoms with Gasteiger partial charge in [-0.1, -0.05) is 10.0 Å². The summed E-state index contributed by atoms with van der Waals surface area (Å²) < 4.78 is 75.7. The first-order valence-corrected chi connectivity index (χ1v) is 6.18. The van der Waals surface area contributed by atoms with E-state index in [1.165, 1.54) is 18.2 Å². The largest absolute Gasteiger partial charge is 0.516 e. The summed E-state index contributed by atoms with van der Waals surface area (Å²) >= 11 is 0. The second kappa shape index (κ2) is 5.61. The van der Waals surface area contributed by atoms with Crippen LogP contribution in [0.4, 0.5) is 17.6 Å². The van der Waals surface area contributed by atoms with Gasteiger partial charge in [0.25, 0.3) is 0 Å². The van der Waals surface area contributed by atoms with Gasteiger partial charge in [0.05, 0.1) is 0 Å². The van der Waals surface area contributed by atoms with Crippen LogP contribution in [-0.4, -0.2) is 21.0 Å². The van der Waals surface area contributed by atoms with Crippen molar-refractivity contribution in [2.75, 3.05) is 0 Å². The van der Waals surface area contributed by atoms with Crippen LogP contribution in [0.2, 0.25) is 0 Å². The molecule has 18 heavy (non-hydrogen) atoms. The second-order valence-electron chi connectivity index (χ2n) is 3.32. The third-order valence-electron chi connectivity index (χ3n) is 1.83. The highest BCUT2D eigenvalue weighted by Crippen LogP contribution is 2.23. The monoisotopic (exact) mass is 288 g/mol. The Balaban J connectivity index is 2.62. The molecule has 1 aromatic heterocycles. The van der Waals surface area contributed by atoms with Crippen LogP contribution in [0.15, 0.2) is 30.6 Å². The van der Waals surface area contributed by atoms with E-state index in [2.05, 4.69) is 4.18 Å². The first-order valence-electron chi connectivity index (χ1n) is 4.81. The summed E-state index contributed by atoms with van der Waals surface area (Å²) in [5, 5.41) is 0.